The average molecular weight is 284 g/mol. The molecule has 0 spiro atoms. The Bertz CT molecular complexity index is 625. The van der Waals surface area contributed by atoms with Crippen LogP contribution in [0.5, 0.6) is 0 Å². The molecular weight excluding hydrogens is 273 g/mol. The van der Waals surface area contributed by atoms with Gasteiger partial charge >= 0.3 is 0 Å². The van der Waals surface area contributed by atoms with Gasteiger partial charge in [-0.1, -0.05) is 23.2 Å². The van der Waals surface area contributed by atoms with Crippen LogP contribution in [0.3, 0.4) is 0 Å². The fraction of sp³-hybridized carbons (Fsp3) is 0.167. The molecule has 6 heteroatoms. The number of aromatic nitrogens is 2. The van der Waals surface area contributed by atoms with Crippen molar-refractivity contribution in [1.82, 2.24) is 9.97 Å². The molecular formula is C12H11Cl2N3O. The van der Waals surface area contributed by atoms with Crippen LogP contribution in [-0.2, 0) is 6.42 Å². The first-order valence-electron chi connectivity index (χ1n) is 5.36. The van der Waals surface area contributed by atoms with E-state index in [-0.39, 0.29) is 5.56 Å². The summed E-state index contributed by atoms with van der Waals surface area (Å²) < 4.78 is 0. The summed E-state index contributed by atoms with van der Waals surface area (Å²) in [5.41, 5.74) is 6.50. The topological polar surface area (TPSA) is 71.8 Å². The van der Waals surface area contributed by atoms with E-state index in [1.807, 2.05) is 0 Å². The molecule has 2 aromatic rings. The van der Waals surface area contributed by atoms with Gasteiger partial charge in [-0.2, -0.15) is 0 Å². The third kappa shape index (κ3) is 2.90. The third-order valence-corrected chi connectivity index (χ3v) is 2.93. The highest BCUT2D eigenvalue weighted by Gasteiger charge is 2.08. The minimum atomic E-state index is -0.227. The van der Waals surface area contributed by atoms with Gasteiger partial charge in [0.25, 0.3) is 5.56 Å². The van der Waals surface area contributed by atoms with E-state index < -0.39 is 0 Å². The molecule has 18 heavy (non-hydrogen) atoms. The molecule has 94 valence electrons. The van der Waals surface area contributed by atoms with E-state index in [1.54, 1.807) is 18.2 Å². The predicted octanol–water partition coefficient (Wildman–Crippen LogP) is 2.24. The molecule has 0 saturated heterocycles. The Morgan fingerprint density at radius 1 is 1.28 bits per heavy atom. The molecule has 0 aliphatic carbocycles. The summed E-state index contributed by atoms with van der Waals surface area (Å²) in [7, 11) is 0. The highest BCUT2D eigenvalue weighted by Crippen LogP contribution is 2.27. The number of nitrogens with one attached hydrogen (secondary N) is 1. The van der Waals surface area contributed by atoms with Gasteiger partial charge in [0.15, 0.2) is 0 Å². The lowest BCUT2D eigenvalue weighted by Crippen LogP contribution is -2.13. The summed E-state index contributed by atoms with van der Waals surface area (Å²) in [5.74, 6) is 0.424. The van der Waals surface area contributed by atoms with Gasteiger partial charge in [0, 0.05) is 28.8 Å². The van der Waals surface area contributed by atoms with Crippen LogP contribution in [0.1, 0.15) is 5.69 Å². The highest BCUT2D eigenvalue weighted by molar-refractivity contribution is 6.36. The van der Waals surface area contributed by atoms with E-state index >= 15 is 0 Å². The Morgan fingerprint density at radius 3 is 2.72 bits per heavy atom. The second kappa shape index (κ2) is 5.52. The Balaban J connectivity index is 2.53. The normalized spacial score (nSPS) is 10.6. The van der Waals surface area contributed by atoms with Crippen LogP contribution in [0.4, 0.5) is 0 Å². The van der Waals surface area contributed by atoms with Gasteiger partial charge < -0.3 is 10.7 Å². The van der Waals surface area contributed by atoms with Crippen molar-refractivity contribution in [2.24, 2.45) is 5.73 Å². The second-order valence-electron chi connectivity index (χ2n) is 3.75. The van der Waals surface area contributed by atoms with Crippen molar-refractivity contribution in [3.05, 3.63) is 50.4 Å². The smallest absolute Gasteiger partial charge is 0.251 e. The van der Waals surface area contributed by atoms with Gasteiger partial charge in [0.2, 0.25) is 0 Å². The van der Waals surface area contributed by atoms with Crippen molar-refractivity contribution in [3.63, 3.8) is 0 Å². The maximum absolute atomic E-state index is 11.5. The fourth-order valence-electron chi connectivity index (χ4n) is 1.59. The molecule has 0 unspecified atom stereocenters. The van der Waals surface area contributed by atoms with Gasteiger partial charge in [-0.05, 0) is 24.7 Å². The third-order valence-electron chi connectivity index (χ3n) is 2.38. The van der Waals surface area contributed by atoms with E-state index in [1.165, 1.54) is 6.07 Å². The van der Waals surface area contributed by atoms with E-state index in [2.05, 4.69) is 9.97 Å². The molecule has 0 atom stereocenters. The van der Waals surface area contributed by atoms with Crippen LogP contribution in [-0.4, -0.2) is 16.5 Å². The van der Waals surface area contributed by atoms with Crippen molar-refractivity contribution >= 4 is 23.2 Å². The van der Waals surface area contributed by atoms with E-state index in [0.717, 1.165) is 0 Å². The van der Waals surface area contributed by atoms with Crippen LogP contribution in [0.25, 0.3) is 11.4 Å². The number of hydrogen-bond acceptors (Lipinski definition) is 3. The maximum atomic E-state index is 11.5. The highest BCUT2D eigenvalue weighted by atomic mass is 35.5. The first kappa shape index (κ1) is 13.1. The van der Waals surface area contributed by atoms with Crippen molar-refractivity contribution in [2.75, 3.05) is 6.54 Å². The maximum Gasteiger partial charge on any atom is 0.251 e. The molecule has 1 heterocycles. The van der Waals surface area contributed by atoms with Gasteiger partial charge in [-0.25, -0.2) is 4.98 Å². The van der Waals surface area contributed by atoms with Crippen molar-refractivity contribution in [3.8, 4) is 11.4 Å². The van der Waals surface area contributed by atoms with Gasteiger partial charge in [-0.15, -0.1) is 0 Å². The molecule has 0 aliphatic heterocycles. The molecule has 2 rings (SSSR count). The number of halogens is 2. The number of nitrogens with two attached hydrogens (primary N) is 1. The molecule has 4 nitrogen and oxygen atoms in total. The van der Waals surface area contributed by atoms with E-state index in [0.29, 0.717) is 40.1 Å². The minimum absolute atomic E-state index is 0.227. The monoisotopic (exact) mass is 283 g/mol. The Hall–Kier alpha value is -1.36. The Kier molecular flexibility index (Phi) is 4.01. The van der Waals surface area contributed by atoms with Crippen molar-refractivity contribution in [2.45, 2.75) is 6.42 Å². The SMILES string of the molecule is NCCc1cc(=O)[nH]c(-c2ccc(Cl)cc2Cl)n1. The number of rotatable bonds is 3. The van der Waals surface area contributed by atoms with Crippen molar-refractivity contribution in [1.29, 1.82) is 0 Å². The van der Waals surface area contributed by atoms with Crippen molar-refractivity contribution < 1.29 is 0 Å². The predicted molar refractivity (Wildman–Crippen MR) is 73.1 cm³/mol. The summed E-state index contributed by atoms with van der Waals surface area (Å²) >= 11 is 11.9. The first-order chi connectivity index (χ1) is 8.60. The molecule has 0 radical (unpaired) electrons. The summed E-state index contributed by atoms with van der Waals surface area (Å²) in [5, 5.41) is 0.972. The Labute approximate surface area is 114 Å². The zero-order chi connectivity index (χ0) is 13.1. The zero-order valence-corrected chi connectivity index (χ0v) is 10.9. The van der Waals surface area contributed by atoms with E-state index in [4.69, 9.17) is 28.9 Å². The quantitative estimate of drug-likeness (QED) is 0.908. The van der Waals surface area contributed by atoms with Crippen LogP contribution < -0.4 is 11.3 Å². The summed E-state index contributed by atoms with van der Waals surface area (Å²) in [6.07, 6.45) is 0.544. The summed E-state index contributed by atoms with van der Waals surface area (Å²) in [6, 6.07) is 6.45. The molecule has 0 saturated carbocycles. The van der Waals surface area contributed by atoms with Crippen LogP contribution in [0, 0.1) is 0 Å². The number of H-pyrrole nitrogens is 1. The lowest BCUT2D eigenvalue weighted by molar-refractivity contribution is 0.906. The molecule has 0 aliphatic rings. The van der Waals surface area contributed by atoms with Gasteiger partial charge in [0.05, 0.1) is 5.02 Å². The molecule has 3 N–H and O–H groups in total. The molecule has 1 aromatic heterocycles. The summed E-state index contributed by atoms with van der Waals surface area (Å²) in [6.45, 7) is 0.435. The molecule has 0 fully saturated rings. The zero-order valence-electron chi connectivity index (χ0n) is 9.41. The number of hydrogen-bond donors (Lipinski definition) is 2. The largest absolute Gasteiger partial charge is 0.330 e. The molecule has 1 aromatic carbocycles. The van der Waals surface area contributed by atoms with Crippen LogP contribution in [0.15, 0.2) is 29.1 Å². The van der Waals surface area contributed by atoms with Crippen LogP contribution in [0.2, 0.25) is 10.0 Å². The minimum Gasteiger partial charge on any atom is -0.330 e. The van der Waals surface area contributed by atoms with Gasteiger partial charge in [-0.3, -0.25) is 4.79 Å². The number of benzene rings is 1. The van der Waals surface area contributed by atoms with E-state index in [9.17, 15) is 4.79 Å². The fourth-order valence-corrected chi connectivity index (χ4v) is 2.09. The van der Waals surface area contributed by atoms with Crippen LogP contribution >= 0.6 is 23.2 Å². The van der Waals surface area contributed by atoms with Gasteiger partial charge in [0.1, 0.15) is 5.82 Å². The Morgan fingerprint density at radius 2 is 2.06 bits per heavy atom. The molecule has 0 bridgehead atoms. The lowest BCUT2D eigenvalue weighted by Gasteiger charge is -2.06. The molecule has 0 amide bonds. The average Bonchev–Trinajstić information content (AvgIpc) is 2.28. The standard InChI is InChI=1S/C12H11Cl2N3O/c13-7-1-2-9(10(14)5-7)12-16-8(3-4-15)6-11(18)17-12/h1-2,5-6H,3-4,15H2,(H,16,17,18). The number of aromatic amines is 1. The lowest BCUT2D eigenvalue weighted by atomic mass is 10.2. The number of nitrogens with zero attached hydrogens (tertiary/aromatic N) is 1. The second-order valence-corrected chi connectivity index (χ2v) is 4.59. The summed E-state index contributed by atoms with van der Waals surface area (Å²) in [4.78, 5) is 18.5. The first-order valence-corrected chi connectivity index (χ1v) is 6.11.